The molecule has 1 atom stereocenters. The van der Waals surface area contributed by atoms with E-state index in [4.69, 9.17) is 20.1 Å². The first-order chi connectivity index (χ1) is 14.9. The van der Waals surface area contributed by atoms with E-state index >= 15 is 0 Å². The molecule has 1 aliphatic rings. The van der Waals surface area contributed by atoms with Crippen LogP contribution in [0.5, 0.6) is 5.75 Å². The van der Waals surface area contributed by atoms with Gasteiger partial charge in [0.2, 0.25) is 0 Å². The number of hydrogen-bond acceptors (Lipinski definition) is 9. The van der Waals surface area contributed by atoms with Gasteiger partial charge in [0.15, 0.2) is 23.1 Å². The molecule has 1 aliphatic heterocycles. The number of nitrogens with two attached hydrogens (primary N) is 1. The Kier molecular flexibility index (Phi) is 5.80. The number of anilines is 1. The molecular weight excluding hydrogens is 398 g/mol. The predicted octanol–water partition coefficient (Wildman–Crippen LogP) is 1.73. The first-order valence-corrected chi connectivity index (χ1v) is 10.5. The maximum atomic E-state index is 10.0. The van der Waals surface area contributed by atoms with Crippen molar-refractivity contribution < 1.29 is 14.5 Å². The second-order valence-corrected chi connectivity index (χ2v) is 8.09. The van der Waals surface area contributed by atoms with Crippen LogP contribution in [0.4, 0.5) is 5.82 Å². The predicted molar refractivity (Wildman–Crippen MR) is 115 cm³/mol. The van der Waals surface area contributed by atoms with Crippen molar-refractivity contribution in [3.8, 4) is 29.1 Å². The summed E-state index contributed by atoms with van der Waals surface area (Å²) in [5, 5.41) is 21.1. The van der Waals surface area contributed by atoms with E-state index in [1.807, 2.05) is 11.5 Å². The minimum Gasteiger partial charge on any atom is -0.490 e. The molecule has 3 aromatic rings. The lowest BCUT2D eigenvalue weighted by atomic mass is 10.1. The molecule has 0 bridgehead atoms. The smallest absolute Gasteiger partial charge is 0.199 e. The van der Waals surface area contributed by atoms with Crippen LogP contribution in [0.25, 0.3) is 22.6 Å². The van der Waals surface area contributed by atoms with E-state index in [9.17, 15) is 5.11 Å². The molecule has 0 spiro atoms. The van der Waals surface area contributed by atoms with Crippen molar-refractivity contribution in [1.82, 2.24) is 30.2 Å². The molecule has 0 radical (unpaired) electrons. The van der Waals surface area contributed by atoms with E-state index in [-0.39, 0.29) is 5.82 Å². The normalized spacial score (nSPS) is 16.5. The molecular formula is C21H27N7O3. The third-order valence-electron chi connectivity index (χ3n) is 5.15. The number of rotatable bonds is 6. The van der Waals surface area contributed by atoms with Crippen molar-refractivity contribution in [2.24, 2.45) is 0 Å². The summed E-state index contributed by atoms with van der Waals surface area (Å²) in [6, 6.07) is 0.480. The number of aryl methyl sites for hydroxylation is 1. The fourth-order valence-electron chi connectivity index (χ4n) is 3.68. The van der Waals surface area contributed by atoms with E-state index in [1.54, 1.807) is 20.0 Å². The first-order valence-electron chi connectivity index (χ1n) is 10.5. The van der Waals surface area contributed by atoms with Gasteiger partial charge in [0, 0.05) is 12.6 Å². The number of fused-ring (bicyclic) bond motifs is 1. The highest BCUT2D eigenvalue weighted by atomic mass is 16.6. The average molecular weight is 425 g/mol. The average Bonchev–Trinajstić information content (AvgIpc) is 3.45. The molecule has 4 rings (SSSR count). The van der Waals surface area contributed by atoms with Gasteiger partial charge in [-0.15, -0.1) is 0 Å². The fraction of sp³-hybridized carbons (Fsp3) is 0.524. The van der Waals surface area contributed by atoms with Crippen LogP contribution in [-0.4, -0.2) is 54.7 Å². The minimum absolute atomic E-state index is 0.150. The van der Waals surface area contributed by atoms with Crippen LogP contribution in [-0.2, 0) is 6.54 Å². The molecule has 10 nitrogen and oxygen atoms in total. The van der Waals surface area contributed by atoms with Crippen LogP contribution >= 0.6 is 0 Å². The summed E-state index contributed by atoms with van der Waals surface area (Å²) in [6.07, 6.45) is 4.93. The quantitative estimate of drug-likeness (QED) is 0.504. The maximum Gasteiger partial charge on any atom is 0.199 e. The van der Waals surface area contributed by atoms with E-state index < -0.39 is 5.60 Å². The highest BCUT2D eigenvalue weighted by Gasteiger charge is 2.23. The Labute approximate surface area is 180 Å². The third kappa shape index (κ3) is 4.47. The van der Waals surface area contributed by atoms with Gasteiger partial charge in [-0.3, -0.25) is 0 Å². The molecule has 164 valence electrons. The van der Waals surface area contributed by atoms with Gasteiger partial charge in [-0.1, -0.05) is 5.92 Å². The van der Waals surface area contributed by atoms with Crippen LogP contribution in [0.3, 0.4) is 0 Å². The van der Waals surface area contributed by atoms with Gasteiger partial charge >= 0.3 is 0 Å². The van der Waals surface area contributed by atoms with Crippen molar-refractivity contribution in [3.05, 3.63) is 11.9 Å². The summed E-state index contributed by atoms with van der Waals surface area (Å²) in [5.41, 5.74) is 6.84. The van der Waals surface area contributed by atoms with Crippen LogP contribution < -0.4 is 15.8 Å². The zero-order valence-electron chi connectivity index (χ0n) is 18.0. The van der Waals surface area contributed by atoms with Crippen molar-refractivity contribution in [2.45, 2.75) is 58.2 Å². The molecule has 4 N–H and O–H groups in total. The summed E-state index contributed by atoms with van der Waals surface area (Å²) in [5.74, 6) is 6.99. The molecule has 4 heterocycles. The zero-order chi connectivity index (χ0) is 22.0. The van der Waals surface area contributed by atoms with Gasteiger partial charge < -0.3 is 25.5 Å². The fourth-order valence-corrected chi connectivity index (χ4v) is 3.68. The molecule has 0 amide bonds. The largest absolute Gasteiger partial charge is 0.490 e. The van der Waals surface area contributed by atoms with Crippen molar-refractivity contribution in [1.29, 1.82) is 0 Å². The van der Waals surface area contributed by atoms with Crippen LogP contribution in [0.2, 0.25) is 0 Å². The number of aromatic nitrogens is 5. The second kappa shape index (κ2) is 8.53. The number of nitrogen functional groups attached to an aromatic ring is 1. The number of pyridine rings is 1. The summed E-state index contributed by atoms with van der Waals surface area (Å²) < 4.78 is 12.8. The van der Waals surface area contributed by atoms with E-state index in [0.717, 1.165) is 24.9 Å². The molecule has 3 aromatic heterocycles. The molecule has 1 saturated heterocycles. The number of aliphatic hydroxyl groups is 1. The van der Waals surface area contributed by atoms with Crippen molar-refractivity contribution in [2.75, 3.05) is 18.9 Å². The zero-order valence-corrected chi connectivity index (χ0v) is 18.0. The van der Waals surface area contributed by atoms with E-state index in [0.29, 0.717) is 47.7 Å². The topological polar surface area (TPSA) is 137 Å². The van der Waals surface area contributed by atoms with E-state index in [2.05, 4.69) is 32.5 Å². The highest BCUT2D eigenvalue weighted by Crippen LogP contribution is 2.33. The molecule has 0 aliphatic carbocycles. The number of nitrogens with zero attached hydrogens (tertiary/aromatic N) is 5. The van der Waals surface area contributed by atoms with Gasteiger partial charge in [0.25, 0.3) is 0 Å². The summed E-state index contributed by atoms with van der Waals surface area (Å²) in [6.45, 7) is 7.42. The summed E-state index contributed by atoms with van der Waals surface area (Å²) in [7, 11) is 0. The number of hydrogen-bond donors (Lipinski definition) is 3. The highest BCUT2D eigenvalue weighted by molar-refractivity contribution is 5.89. The van der Waals surface area contributed by atoms with Gasteiger partial charge in [-0.25, -0.2) is 14.6 Å². The maximum absolute atomic E-state index is 10.0. The SMILES string of the molecule is CCn1c(-c2nonc2N)nc2c(C#CC(C)(C)O)ncc(OCCC3CCCN3)c21. The van der Waals surface area contributed by atoms with E-state index in [1.165, 1.54) is 6.42 Å². The Morgan fingerprint density at radius 1 is 1.42 bits per heavy atom. The summed E-state index contributed by atoms with van der Waals surface area (Å²) in [4.78, 5) is 9.18. The Bertz CT molecular complexity index is 1130. The lowest BCUT2D eigenvalue weighted by Crippen LogP contribution is -2.23. The Morgan fingerprint density at radius 2 is 2.26 bits per heavy atom. The van der Waals surface area contributed by atoms with Crippen LogP contribution in [0.15, 0.2) is 10.8 Å². The Balaban J connectivity index is 1.79. The number of nitrogens with one attached hydrogen (secondary N) is 1. The standard InChI is InChI=1S/C21H27N7O3/c1-4-28-18-15(30-11-8-13-6-5-10-23-13)12-24-14(7-9-21(2,3)29)16(18)25-20(28)17-19(22)27-31-26-17/h12-13,23,29H,4-6,8,10-11H2,1-3H3,(H2,22,27). The number of imidazole rings is 1. The number of ether oxygens (including phenoxy) is 1. The van der Waals surface area contributed by atoms with Gasteiger partial charge in [0.1, 0.15) is 22.3 Å². The first kappa shape index (κ1) is 21.1. The summed E-state index contributed by atoms with van der Waals surface area (Å²) >= 11 is 0. The molecule has 0 aromatic carbocycles. The second-order valence-electron chi connectivity index (χ2n) is 8.09. The van der Waals surface area contributed by atoms with Gasteiger partial charge in [0.05, 0.1) is 12.8 Å². The Hall–Kier alpha value is -3.16. The molecule has 10 heteroatoms. The van der Waals surface area contributed by atoms with Crippen molar-refractivity contribution >= 4 is 16.9 Å². The minimum atomic E-state index is -1.16. The van der Waals surface area contributed by atoms with Gasteiger partial charge in [-0.05, 0) is 62.8 Å². The molecule has 1 fully saturated rings. The molecule has 0 saturated carbocycles. The lowest BCUT2D eigenvalue weighted by molar-refractivity contribution is 0.143. The van der Waals surface area contributed by atoms with Crippen LogP contribution in [0, 0.1) is 11.8 Å². The Morgan fingerprint density at radius 3 is 2.90 bits per heavy atom. The van der Waals surface area contributed by atoms with Crippen LogP contribution in [0.1, 0.15) is 45.7 Å². The molecule has 1 unspecified atom stereocenters. The lowest BCUT2D eigenvalue weighted by Gasteiger charge is -2.13. The van der Waals surface area contributed by atoms with Gasteiger partial charge in [-0.2, -0.15) is 0 Å². The monoisotopic (exact) mass is 425 g/mol. The third-order valence-corrected chi connectivity index (χ3v) is 5.15. The van der Waals surface area contributed by atoms with Crippen molar-refractivity contribution in [3.63, 3.8) is 0 Å². The molecule has 31 heavy (non-hydrogen) atoms.